The number of guanidine groups is 1. The lowest BCUT2D eigenvalue weighted by Crippen LogP contribution is -2.43. The number of nitrogens with zero attached hydrogens (tertiary/aromatic N) is 3. The Bertz CT molecular complexity index is 600. The molecule has 0 aliphatic carbocycles. The molecule has 0 saturated carbocycles. The number of hydrogen-bond acceptors (Lipinski definition) is 5. The molecule has 0 aromatic heterocycles. The minimum Gasteiger partial charge on any atom is -0.383 e. The molecule has 1 aliphatic rings. The number of likely N-dealkylation sites (N-methyl/N-ethyl adjacent to an activating group) is 1. The molecular weight excluding hydrogens is 500 g/mol. The Morgan fingerprint density at radius 1 is 1.23 bits per heavy atom. The molecule has 30 heavy (non-hydrogen) atoms. The van der Waals surface area contributed by atoms with Gasteiger partial charge >= 0.3 is 0 Å². The van der Waals surface area contributed by atoms with Crippen LogP contribution in [0.25, 0.3) is 0 Å². The summed E-state index contributed by atoms with van der Waals surface area (Å²) in [5, 5.41) is 6.71. The summed E-state index contributed by atoms with van der Waals surface area (Å²) in [6.45, 7) is 9.91. The average molecular weight is 537 g/mol. The Balaban J connectivity index is 0.00000450. The highest BCUT2D eigenvalue weighted by molar-refractivity contribution is 14.0. The lowest BCUT2D eigenvalue weighted by Gasteiger charge is -2.34. The van der Waals surface area contributed by atoms with Gasteiger partial charge in [0.2, 0.25) is 0 Å². The summed E-state index contributed by atoms with van der Waals surface area (Å²) in [6, 6.07) is 6.85. The second-order valence-electron chi connectivity index (χ2n) is 7.16. The number of aliphatic imine (C=N–C) groups is 1. The van der Waals surface area contributed by atoms with Crippen LogP contribution in [0.2, 0.25) is 0 Å². The van der Waals surface area contributed by atoms with Crippen LogP contribution in [0.4, 0.5) is 4.39 Å². The Morgan fingerprint density at radius 2 is 1.93 bits per heavy atom. The first-order chi connectivity index (χ1) is 14.1. The normalized spacial score (nSPS) is 16.2. The van der Waals surface area contributed by atoms with Gasteiger partial charge in [-0.15, -0.1) is 24.0 Å². The molecule has 1 saturated heterocycles. The predicted octanol–water partition coefficient (Wildman–Crippen LogP) is 1.95. The summed E-state index contributed by atoms with van der Waals surface area (Å²) in [5.41, 5.74) is 1.08. The van der Waals surface area contributed by atoms with Crippen molar-refractivity contribution in [2.75, 3.05) is 79.8 Å². The minimum atomic E-state index is -0.217. The fourth-order valence-corrected chi connectivity index (χ4v) is 3.25. The van der Waals surface area contributed by atoms with Crippen LogP contribution in [0, 0.1) is 5.82 Å². The van der Waals surface area contributed by atoms with E-state index in [-0.39, 0.29) is 35.8 Å². The smallest absolute Gasteiger partial charge is 0.191 e. The highest BCUT2D eigenvalue weighted by atomic mass is 127. The van der Waals surface area contributed by atoms with Gasteiger partial charge in [-0.2, -0.15) is 0 Å². The fraction of sp³-hybridized carbons (Fsp3) is 0.667. The molecule has 2 rings (SSSR count). The number of rotatable bonds is 11. The van der Waals surface area contributed by atoms with Crippen LogP contribution in [0.5, 0.6) is 0 Å². The van der Waals surface area contributed by atoms with Crippen molar-refractivity contribution in [1.29, 1.82) is 0 Å². The van der Waals surface area contributed by atoms with E-state index in [1.165, 1.54) is 12.1 Å². The zero-order valence-electron chi connectivity index (χ0n) is 18.4. The monoisotopic (exact) mass is 537 g/mol. The molecule has 1 aliphatic heterocycles. The van der Waals surface area contributed by atoms with Crippen LogP contribution < -0.4 is 10.6 Å². The van der Waals surface area contributed by atoms with Crippen molar-refractivity contribution >= 4 is 29.9 Å². The maximum absolute atomic E-state index is 13.4. The van der Waals surface area contributed by atoms with E-state index in [1.54, 1.807) is 7.11 Å². The van der Waals surface area contributed by atoms with Gasteiger partial charge in [0.15, 0.2) is 5.96 Å². The molecular formula is C21H37FIN5O2. The number of halogens is 2. The molecule has 9 heteroatoms. The van der Waals surface area contributed by atoms with E-state index < -0.39 is 0 Å². The van der Waals surface area contributed by atoms with Crippen LogP contribution in [-0.4, -0.2) is 95.6 Å². The third-order valence-electron chi connectivity index (χ3n) is 4.97. The Hall–Kier alpha value is -1.01. The Labute approximate surface area is 197 Å². The largest absolute Gasteiger partial charge is 0.383 e. The molecule has 1 unspecified atom stereocenters. The molecule has 0 radical (unpaired) electrons. The number of hydrogen-bond donors (Lipinski definition) is 2. The van der Waals surface area contributed by atoms with Crippen molar-refractivity contribution in [1.82, 2.24) is 20.4 Å². The maximum atomic E-state index is 13.4. The van der Waals surface area contributed by atoms with Crippen molar-refractivity contribution in [2.24, 2.45) is 4.99 Å². The van der Waals surface area contributed by atoms with Crippen LogP contribution in [-0.2, 0) is 9.47 Å². The number of methoxy groups -OCH3 is 1. The van der Waals surface area contributed by atoms with E-state index in [0.717, 1.165) is 57.4 Å². The summed E-state index contributed by atoms with van der Waals surface area (Å²) in [6.07, 6.45) is 0. The molecule has 1 atom stereocenters. The molecule has 1 aromatic rings. The van der Waals surface area contributed by atoms with E-state index in [1.807, 2.05) is 12.1 Å². The van der Waals surface area contributed by atoms with Gasteiger partial charge in [-0.25, -0.2) is 4.39 Å². The van der Waals surface area contributed by atoms with Crippen molar-refractivity contribution in [2.45, 2.75) is 13.0 Å². The standard InChI is InChI=1S/C21H36FN5O2.HI/c1-4-23-21(24-9-10-26(2)11-14-28-3)25-17-20(27-12-15-29-16-13-27)18-5-7-19(22)8-6-18;/h5-8,20H,4,9-17H2,1-3H3,(H2,23,24,25);1H. The summed E-state index contributed by atoms with van der Waals surface area (Å²) in [7, 11) is 3.79. The maximum Gasteiger partial charge on any atom is 0.191 e. The van der Waals surface area contributed by atoms with Crippen LogP contribution in [0.3, 0.4) is 0 Å². The van der Waals surface area contributed by atoms with Gasteiger partial charge in [-0.1, -0.05) is 12.1 Å². The van der Waals surface area contributed by atoms with Gasteiger partial charge in [0.25, 0.3) is 0 Å². The average Bonchev–Trinajstić information content (AvgIpc) is 2.74. The van der Waals surface area contributed by atoms with E-state index in [9.17, 15) is 4.39 Å². The fourth-order valence-electron chi connectivity index (χ4n) is 3.25. The summed E-state index contributed by atoms with van der Waals surface area (Å²) >= 11 is 0. The zero-order valence-corrected chi connectivity index (χ0v) is 20.7. The molecule has 7 nitrogen and oxygen atoms in total. The molecule has 0 spiro atoms. The lowest BCUT2D eigenvalue weighted by molar-refractivity contribution is 0.0179. The Kier molecular flexibility index (Phi) is 14.2. The first-order valence-electron chi connectivity index (χ1n) is 10.4. The van der Waals surface area contributed by atoms with E-state index in [0.29, 0.717) is 19.8 Å². The van der Waals surface area contributed by atoms with E-state index in [2.05, 4.69) is 34.4 Å². The van der Waals surface area contributed by atoms with Gasteiger partial charge in [-0.05, 0) is 31.7 Å². The topological polar surface area (TPSA) is 61.4 Å². The molecule has 2 N–H and O–H groups in total. The second kappa shape index (κ2) is 15.7. The number of nitrogens with one attached hydrogen (secondary N) is 2. The Morgan fingerprint density at radius 3 is 2.57 bits per heavy atom. The molecule has 172 valence electrons. The summed E-state index contributed by atoms with van der Waals surface area (Å²) in [5.74, 6) is 0.582. The van der Waals surface area contributed by atoms with E-state index >= 15 is 0 Å². The SMILES string of the molecule is CCNC(=NCC(c1ccc(F)cc1)N1CCOCC1)NCCN(C)CCOC.I. The van der Waals surface area contributed by atoms with Crippen molar-refractivity contribution in [3.8, 4) is 0 Å². The second-order valence-corrected chi connectivity index (χ2v) is 7.16. The quantitative estimate of drug-likeness (QED) is 0.256. The van der Waals surface area contributed by atoms with Gasteiger partial charge in [0.05, 0.1) is 32.4 Å². The molecule has 0 amide bonds. The summed E-state index contributed by atoms with van der Waals surface area (Å²) < 4.78 is 24.0. The minimum absolute atomic E-state index is 0. The van der Waals surface area contributed by atoms with Crippen molar-refractivity contribution in [3.05, 3.63) is 35.6 Å². The van der Waals surface area contributed by atoms with Crippen molar-refractivity contribution in [3.63, 3.8) is 0 Å². The number of ether oxygens (including phenoxy) is 2. The van der Waals surface area contributed by atoms with Gasteiger partial charge in [0, 0.05) is 46.4 Å². The number of benzene rings is 1. The molecule has 1 aromatic carbocycles. The van der Waals surface area contributed by atoms with Crippen LogP contribution in [0.1, 0.15) is 18.5 Å². The molecule has 1 heterocycles. The third kappa shape index (κ3) is 9.86. The van der Waals surface area contributed by atoms with Crippen LogP contribution >= 0.6 is 24.0 Å². The lowest BCUT2D eigenvalue weighted by atomic mass is 10.0. The van der Waals surface area contributed by atoms with Gasteiger partial charge < -0.3 is 25.0 Å². The first kappa shape index (κ1) is 27.0. The highest BCUT2D eigenvalue weighted by Crippen LogP contribution is 2.22. The van der Waals surface area contributed by atoms with Gasteiger partial charge in [0.1, 0.15) is 5.82 Å². The highest BCUT2D eigenvalue weighted by Gasteiger charge is 2.22. The van der Waals surface area contributed by atoms with Crippen LogP contribution in [0.15, 0.2) is 29.3 Å². The zero-order chi connectivity index (χ0) is 20.9. The van der Waals surface area contributed by atoms with Crippen molar-refractivity contribution < 1.29 is 13.9 Å². The van der Waals surface area contributed by atoms with E-state index in [4.69, 9.17) is 14.5 Å². The van der Waals surface area contributed by atoms with Gasteiger partial charge in [-0.3, -0.25) is 9.89 Å². The molecule has 0 bridgehead atoms. The molecule has 1 fully saturated rings. The summed E-state index contributed by atoms with van der Waals surface area (Å²) in [4.78, 5) is 9.40. The first-order valence-corrected chi connectivity index (χ1v) is 10.4. The number of morpholine rings is 1. The predicted molar refractivity (Wildman–Crippen MR) is 130 cm³/mol. The third-order valence-corrected chi connectivity index (χ3v) is 4.97.